The minimum atomic E-state index is -0.136. The number of benzene rings is 7. The van der Waals surface area contributed by atoms with Crippen molar-refractivity contribution in [1.82, 2.24) is 14.5 Å². The van der Waals surface area contributed by atoms with Gasteiger partial charge in [0, 0.05) is 33.6 Å². The van der Waals surface area contributed by atoms with Crippen LogP contribution in [-0.4, -0.2) is 14.5 Å². The van der Waals surface area contributed by atoms with E-state index in [0.717, 1.165) is 33.9 Å². The summed E-state index contributed by atoms with van der Waals surface area (Å²) in [4.78, 5) is 10.1. The third kappa shape index (κ3) is 5.50. The first-order chi connectivity index (χ1) is 28.5. The Hall–Kier alpha value is -7.36. The zero-order valence-corrected chi connectivity index (χ0v) is 32.4. The van der Waals surface area contributed by atoms with Crippen LogP contribution in [0, 0.1) is 0 Å². The maximum atomic E-state index is 5.28. The van der Waals surface area contributed by atoms with E-state index in [9.17, 15) is 0 Å². The van der Waals surface area contributed by atoms with Gasteiger partial charge in [0.25, 0.3) is 0 Å². The predicted octanol–water partition coefficient (Wildman–Crippen LogP) is 14.2. The van der Waals surface area contributed by atoms with Crippen LogP contribution in [-0.2, 0) is 5.41 Å². The molecule has 0 N–H and O–H groups in total. The highest BCUT2D eigenvalue weighted by Crippen LogP contribution is 2.47. The third-order valence-electron chi connectivity index (χ3n) is 12.0. The van der Waals surface area contributed by atoms with E-state index < -0.39 is 0 Å². The maximum absolute atomic E-state index is 5.28. The summed E-state index contributed by atoms with van der Waals surface area (Å²) in [7, 11) is 0. The lowest BCUT2D eigenvalue weighted by molar-refractivity contribution is 0.658. The van der Waals surface area contributed by atoms with E-state index in [0.29, 0.717) is 0 Å². The molecule has 0 unspecified atom stereocenters. The summed E-state index contributed by atoms with van der Waals surface area (Å²) >= 11 is 0. The van der Waals surface area contributed by atoms with E-state index in [1.165, 1.54) is 71.9 Å². The molecule has 0 atom stereocenters. The van der Waals surface area contributed by atoms with Gasteiger partial charge in [0.1, 0.15) is 0 Å². The fraction of sp³-hybridized carbons (Fsp3) is 0.0545. The smallest absolute Gasteiger partial charge is 0.0937 e. The first kappa shape index (κ1) is 33.9. The van der Waals surface area contributed by atoms with Crippen LogP contribution in [0.2, 0.25) is 0 Å². The van der Waals surface area contributed by atoms with Crippen LogP contribution < -0.4 is 0 Å². The van der Waals surface area contributed by atoms with Gasteiger partial charge in [-0.15, -0.1) is 0 Å². The molecule has 0 spiro atoms. The zero-order chi connectivity index (χ0) is 38.8. The van der Waals surface area contributed by atoms with Crippen molar-refractivity contribution < 1.29 is 0 Å². The van der Waals surface area contributed by atoms with E-state index in [2.05, 4.69) is 206 Å². The van der Waals surface area contributed by atoms with E-state index in [1.807, 2.05) is 12.3 Å². The Morgan fingerprint density at radius 3 is 1.74 bits per heavy atom. The topological polar surface area (TPSA) is 30.7 Å². The molecule has 0 amide bonds. The first-order valence-corrected chi connectivity index (χ1v) is 20.0. The van der Waals surface area contributed by atoms with Crippen LogP contribution >= 0.6 is 0 Å². The molecule has 3 heteroatoms. The quantitative estimate of drug-likeness (QED) is 0.170. The summed E-state index contributed by atoms with van der Waals surface area (Å²) in [5, 5.41) is 2.45. The molecule has 1 aliphatic carbocycles. The predicted molar refractivity (Wildman–Crippen MR) is 241 cm³/mol. The average Bonchev–Trinajstić information content (AvgIpc) is 3.75. The van der Waals surface area contributed by atoms with Crippen LogP contribution in [0.3, 0.4) is 0 Å². The molecule has 11 rings (SSSR count). The van der Waals surface area contributed by atoms with Crippen LogP contribution in [0.4, 0.5) is 0 Å². The molecule has 3 nitrogen and oxygen atoms in total. The van der Waals surface area contributed by atoms with Crippen molar-refractivity contribution in [1.29, 1.82) is 0 Å². The minimum Gasteiger partial charge on any atom is -0.309 e. The molecule has 10 aromatic rings. The molecule has 3 heterocycles. The molecule has 274 valence electrons. The Morgan fingerprint density at radius 2 is 1.00 bits per heavy atom. The number of hydrogen-bond acceptors (Lipinski definition) is 2. The monoisotopic (exact) mass is 741 g/mol. The first-order valence-electron chi connectivity index (χ1n) is 20.0. The number of fused-ring (bicyclic) bond motifs is 6. The number of aromatic nitrogens is 3. The number of rotatable bonds is 6. The van der Waals surface area contributed by atoms with Gasteiger partial charge in [-0.2, -0.15) is 0 Å². The van der Waals surface area contributed by atoms with Gasteiger partial charge < -0.3 is 4.57 Å². The van der Waals surface area contributed by atoms with E-state index >= 15 is 0 Å². The Labute approximate surface area is 338 Å². The Bertz CT molecular complexity index is 3190. The van der Waals surface area contributed by atoms with Gasteiger partial charge in [0.2, 0.25) is 0 Å². The summed E-state index contributed by atoms with van der Waals surface area (Å²) in [6.45, 7) is 4.53. The SMILES string of the molecule is CC1(C)c2cccnc2-c2nc(-c3cccc(-c4cccc5c4c4cc(-c6cccc(-c7cccc(-c8ccccc8)c7)c6)ccc4n5-c4ccccc4)c3)ccc21. The van der Waals surface area contributed by atoms with Crippen LogP contribution in [0.25, 0.3) is 94.6 Å². The molecule has 0 fully saturated rings. The third-order valence-corrected chi connectivity index (χ3v) is 12.0. The molecule has 3 aromatic heterocycles. The fourth-order valence-electron chi connectivity index (χ4n) is 9.13. The van der Waals surface area contributed by atoms with Crippen LogP contribution in [0.1, 0.15) is 25.0 Å². The Morgan fingerprint density at radius 1 is 0.414 bits per heavy atom. The highest BCUT2D eigenvalue weighted by molar-refractivity contribution is 6.16. The minimum absolute atomic E-state index is 0.136. The largest absolute Gasteiger partial charge is 0.309 e. The van der Waals surface area contributed by atoms with E-state index in [4.69, 9.17) is 9.97 Å². The molecule has 7 aromatic carbocycles. The lowest BCUT2D eigenvalue weighted by Crippen LogP contribution is -2.15. The molecule has 0 saturated carbocycles. The summed E-state index contributed by atoms with van der Waals surface area (Å²) in [5.74, 6) is 0. The van der Waals surface area contributed by atoms with Crippen molar-refractivity contribution in [3.63, 3.8) is 0 Å². The standard InChI is InChI=1S/C55H39N3/c1-55(2)47-25-13-31-56-53(47)54-48(55)28-29-49(57-54)43-21-11-20-42(34-43)45-24-12-26-51-52(45)46-35-41(27-30-50(46)58(51)44-22-7-4-8-23-44)40-19-10-18-39(33-40)38-17-9-16-37(32-38)36-14-5-3-6-15-36/h3-35H,1-2H3. The molecule has 0 saturated heterocycles. The molecule has 58 heavy (non-hydrogen) atoms. The van der Waals surface area contributed by atoms with Gasteiger partial charge in [-0.1, -0.05) is 147 Å². The lowest BCUT2D eigenvalue weighted by Gasteiger charge is -2.20. The van der Waals surface area contributed by atoms with Crippen molar-refractivity contribution >= 4 is 21.8 Å². The zero-order valence-electron chi connectivity index (χ0n) is 32.4. The molecular formula is C55H39N3. The average molecular weight is 742 g/mol. The van der Waals surface area contributed by atoms with Gasteiger partial charge >= 0.3 is 0 Å². The lowest BCUT2D eigenvalue weighted by atomic mass is 9.83. The molecular weight excluding hydrogens is 703 g/mol. The number of hydrogen-bond donors (Lipinski definition) is 0. The molecule has 0 bridgehead atoms. The second kappa shape index (κ2) is 13.4. The second-order valence-corrected chi connectivity index (χ2v) is 15.8. The Kier molecular flexibility index (Phi) is 7.84. The van der Waals surface area contributed by atoms with Crippen molar-refractivity contribution in [2.45, 2.75) is 19.3 Å². The van der Waals surface area contributed by atoms with Crippen molar-refractivity contribution in [2.24, 2.45) is 0 Å². The fourth-order valence-corrected chi connectivity index (χ4v) is 9.13. The number of nitrogens with zero attached hydrogens (tertiary/aromatic N) is 3. The van der Waals surface area contributed by atoms with Crippen LogP contribution in [0.5, 0.6) is 0 Å². The van der Waals surface area contributed by atoms with Crippen LogP contribution in [0.15, 0.2) is 200 Å². The highest BCUT2D eigenvalue weighted by atomic mass is 15.0. The summed E-state index contributed by atoms with van der Waals surface area (Å²) in [6.07, 6.45) is 1.87. The Balaban J connectivity index is 1.05. The summed E-state index contributed by atoms with van der Waals surface area (Å²) in [5.41, 5.74) is 19.4. The van der Waals surface area contributed by atoms with E-state index in [1.54, 1.807) is 0 Å². The normalized spacial score (nSPS) is 12.8. The second-order valence-electron chi connectivity index (χ2n) is 15.8. The molecule has 0 aliphatic heterocycles. The van der Waals surface area contributed by atoms with Gasteiger partial charge in [0.15, 0.2) is 0 Å². The van der Waals surface area contributed by atoms with Crippen molar-refractivity contribution in [3.8, 4) is 72.8 Å². The van der Waals surface area contributed by atoms with Crippen molar-refractivity contribution in [3.05, 3.63) is 211 Å². The molecule has 0 radical (unpaired) electrons. The summed E-state index contributed by atoms with van der Waals surface area (Å²) in [6, 6.07) is 70.2. The summed E-state index contributed by atoms with van der Waals surface area (Å²) < 4.78 is 2.40. The van der Waals surface area contributed by atoms with Gasteiger partial charge in [-0.3, -0.25) is 4.98 Å². The molecule has 1 aliphatic rings. The van der Waals surface area contributed by atoms with Gasteiger partial charge in [-0.25, -0.2) is 4.98 Å². The number of para-hydroxylation sites is 1. The van der Waals surface area contributed by atoms with Crippen molar-refractivity contribution in [2.75, 3.05) is 0 Å². The van der Waals surface area contributed by atoms with Gasteiger partial charge in [-0.05, 0) is 116 Å². The van der Waals surface area contributed by atoms with E-state index in [-0.39, 0.29) is 5.41 Å². The highest BCUT2D eigenvalue weighted by Gasteiger charge is 2.37. The van der Waals surface area contributed by atoms with Gasteiger partial charge in [0.05, 0.1) is 28.1 Å². The maximum Gasteiger partial charge on any atom is 0.0937 e. The number of pyridine rings is 2.